The number of halogens is 1. The molecular formula is C32H29ClN2O3. The van der Waals surface area contributed by atoms with Gasteiger partial charge in [-0.2, -0.15) is 0 Å². The van der Waals surface area contributed by atoms with Crippen molar-refractivity contribution < 1.29 is 14.3 Å². The molecule has 0 saturated heterocycles. The Labute approximate surface area is 228 Å². The third-order valence-electron chi connectivity index (χ3n) is 7.20. The fourth-order valence-electron chi connectivity index (χ4n) is 5.56. The second-order valence-electron chi connectivity index (χ2n) is 9.70. The van der Waals surface area contributed by atoms with Gasteiger partial charge in [-0.1, -0.05) is 55.8 Å². The van der Waals surface area contributed by atoms with Gasteiger partial charge >= 0.3 is 5.97 Å². The molecule has 5 nitrogen and oxygen atoms in total. The van der Waals surface area contributed by atoms with Crippen LogP contribution >= 0.6 is 11.6 Å². The number of esters is 1. The van der Waals surface area contributed by atoms with Crippen LogP contribution in [0.2, 0.25) is 5.02 Å². The topological polar surface area (TPSA) is 50.8 Å². The van der Waals surface area contributed by atoms with Crippen molar-refractivity contribution >= 4 is 34.6 Å². The van der Waals surface area contributed by atoms with E-state index in [2.05, 4.69) is 42.3 Å². The van der Waals surface area contributed by atoms with Crippen LogP contribution in [0.25, 0.3) is 0 Å². The first kappa shape index (κ1) is 24.4. The standard InChI is InChI=1S/C32H29ClN2O3/c1-3-17-35(18-4-2)22-14-15-25-30(20-22)37-29-16-13-21(34-28-12-8-7-11-27(28)33)19-26(29)32(25)24-10-6-5-9-23(24)31(36)38-32/h5-16,19-20,34H,3-4,17-18H2,1-2H3. The number of carbonyl (C=O) groups excluding carboxylic acids is 1. The van der Waals surface area contributed by atoms with Gasteiger partial charge in [0.2, 0.25) is 0 Å². The summed E-state index contributed by atoms with van der Waals surface area (Å²) in [6.07, 6.45) is 2.10. The van der Waals surface area contributed by atoms with Crippen LogP contribution in [-0.2, 0) is 10.3 Å². The number of benzene rings is 4. The number of rotatable bonds is 7. The smallest absolute Gasteiger partial charge is 0.340 e. The molecule has 1 N–H and O–H groups in total. The predicted molar refractivity (Wildman–Crippen MR) is 152 cm³/mol. The molecule has 2 aliphatic rings. The van der Waals surface area contributed by atoms with Crippen LogP contribution in [0.1, 0.15) is 53.7 Å². The molecule has 4 aromatic carbocycles. The van der Waals surface area contributed by atoms with Crippen LogP contribution in [0.5, 0.6) is 11.5 Å². The summed E-state index contributed by atoms with van der Waals surface area (Å²) < 4.78 is 12.9. The predicted octanol–water partition coefficient (Wildman–Crippen LogP) is 8.28. The Bertz CT molecular complexity index is 1530. The molecule has 192 valence electrons. The van der Waals surface area contributed by atoms with Crippen LogP contribution in [0, 0.1) is 0 Å². The fraction of sp³-hybridized carbons (Fsp3) is 0.219. The average Bonchev–Trinajstić information content (AvgIpc) is 3.23. The third-order valence-corrected chi connectivity index (χ3v) is 7.53. The summed E-state index contributed by atoms with van der Waals surface area (Å²) in [5.41, 5.74) is 4.56. The van der Waals surface area contributed by atoms with Crippen molar-refractivity contribution in [3.63, 3.8) is 0 Å². The summed E-state index contributed by atoms with van der Waals surface area (Å²) in [7, 11) is 0. The molecule has 2 heterocycles. The quantitative estimate of drug-likeness (QED) is 0.246. The van der Waals surface area contributed by atoms with Crippen LogP contribution in [0.15, 0.2) is 84.9 Å². The van der Waals surface area contributed by atoms with Gasteiger partial charge in [0, 0.05) is 47.2 Å². The van der Waals surface area contributed by atoms with Crippen LogP contribution in [0.4, 0.5) is 17.1 Å². The molecule has 6 heteroatoms. The summed E-state index contributed by atoms with van der Waals surface area (Å²) >= 11 is 6.42. The molecule has 6 rings (SSSR count). The first-order valence-electron chi connectivity index (χ1n) is 13.1. The monoisotopic (exact) mass is 524 g/mol. The molecule has 0 radical (unpaired) electrons. The van der Waals surface area contributed by atoms with Crippen molar-refractivity contribution in [1.82, 2.24) is 0 Å². The maximum Gasteiger partial charge on any atom is 0.340 e. The Balaban J connectivity index is 1.52. The second-order valence-corrected chi connectivity index (χ2v) is 10.1. The zero-order chi connectivity index (χ0) is 26.3. The summed E-state index contributed by atoms with van der Waals surface area (Å²) in [5, 5.41) is 4.03. The third kappa shape index (κ3) is 3.89. The highest BCUT2D eigenvalue weighted by Crippen LogP contribution is 2.57. The maximum atomic E-state index is 13.2. The van der Waals surface area contributed by atoms with Gasteiger partial charge in [0.1, 0.15) is 11.5 Å². The van der Waals surface area contributed by atoms with Crippen LogP contribution in [0.3, 0.4) is 0 Å². The van der Waals surface area contributed by atoms with Crippen molar-refractivity contribution in [3.05, 3.63) is 112 Å². The largest absolute Gasteiger partial charge is 0.456 e. The van der Waals surface area contributed by atoms with E-state index in [1.54, 1.807) is 0 Å². The minimum absolute atomic E-state index is 0.341. The van der Waals surface area contributed by atoms with Gasteiger partial charge in [-0.3, -0.25) is 0 Å². The molecule has 1 spiro atoms. The normalized spacial score (nSPS) is 16.8. The van der Waals surface area contributed by atoms with Crippen LogP contribution < -0.4 is 15.0 Å². The summed E-state index contributed by atoms with van der Waals surface area (Å²) in [6.45, 7) is 6.30. The summed E-state index contributed by atoms with van der Waals surface area (Å²) in [5.74, 6) is 1.01. The second kappa shape index (κ2) is 9.73. The number of nitrogens with one attached hydrogen (secondary N) is 1. The van der Waals surface area contributed by atoms with Crippen molar-refractivity contribution in [2.75, 3.05) is 23.3 Å². The van der Waals surface area contributed by atoms with Gasteiger partial charge in [-0.05, 0) is 61.4 Å². The fourth-order valence-corrected chi connectivity index (χ4v) is 5.75. The van der Waals surface area contributed by atoms with E-state index in [1.165, 1.54) is 0 Å². The van der Waals surface area contributed by atoms with Gasteiger partial charge in [-0.15, -0.1) is 0 Å². The first-order chi connectivity index (χ1) is 18.5. The summed E-state index contributed by atoms with van der Waals surface area (Å²) in [4.78, 5) is 15.6. The average molecular weight is 525 g/mol. The molecule has 1 atom stereocenters. The van der Waals surface area contributed by atoms with E-state index in [1.807, 2.05) is 66.7 Å². The van der Waals surface area contributed by atoms with E-state index >= 15 is 0 Å². The molecule has 0 aromatic heterocycles. The molecule has 0 bridgehead atoms. The highest BCUT2D eigenvalue weighted by molar-refractivity contribution is 6.33. The zero-order valence-electron chi connectivity index (χ0n) is 21.5. The number of hydrogen-bond donors (Lipinski definition) is 1. The molecule has 38 heavy (non-hydrogen) atoms. The molecule has 0 fully saturated rings. The summed E-state index contributed by atoms with van der Waals surface area (Å²) in [6, 6.07) is 27.3. The first-order valence-corrected chi connectivity index (χ1v) is 13.5. The van der Waals surface area contributed by atoms with E-state index in [-0.39, 0.29) is 5.97 Å². The van der Waals surface area contributed by atoms with Crippen LogP contribution in [-0.4, -0.2) is 19.1 Å². The van der Waals surface area contributed by atoms with Crippen molar-refractivity contribution in [1.29, 1.82) is 0 Å². The minimum atomic E-state index is -1.12. The Hall–Kier alpha value is -3.96. The van der Waals surface area contributed by atoms with E-state index in [9.17, 15) is 4.79 Å². The number of hydrogen-bond acceptors (Lipinski definition) is 5. The van der Waals surface area contributed by atoms with Crippen molar-refractivity contribution in [2.45, 2.75) is 32.3 Å². The van der Waals surface area contributed by atoms with Gasteiger partial charge in [0.15, 0.2) is 5.60 Å². The molecule has 0 amide bonds. The molecular weight excluding hydrogens is 496 g/mol. The van der Waals surface area contributed by atoms with Gasteiger partial charge in [0.05, 0.1) is 16.3 Å². The van der Waals surface area contributed by atoms with Crippen molar-refractivity contribution in [3.8, 4) is 11.5 Å². The molecule has 2 aliphatic heterocycles. The molecule has 1 unspecified atom stereocenters. The lowest BCUT2D eigenvalue weighted by atomic mass is 9.77. The zero-order valence-corrected chi connectivity index (χ0v) is 22.2. The van der Waals surface area contributed by atoms with Crippen molar-refractivity contribution in [2.24, 2.45) is 0 Å². The lowest BCUT2D eigenvalue weighted by molar-refractivity contribution is 0.0224. The number of anilines is 3. The van der Waals surface area contributed by atoms with Gasteiger partial charge < -0.3 is 19.7 Å². The lowest BCUT2D eigenvalue weighted by Gasteiger charge is -2.37. The van der Waals surface area contributed by atoms with E-state index < -0.39 is 5.60 Å². The number of fused-ring (bicyclic) bond motifs is 6. The highest BCUT2D eigenvalue weighted by atomic mass is 35.5. The van der Waals surface area contributed by atoms with Gasteiger partial charge in [0.25, 0.3) is 0 Å². The maximum absolute atomic E-state index is 13.2. The number of ether oxygens (including phenoxy) is 2. The number of para-hydroxylation sites is 1. The molecule has 4 aromatic rings. The van der Waals surface area contributed by atoms with E-state index in [0.717, 1.165) is 59.7 Å². The van der Waals surface area contributed by atoms with E-state index in [0.29, 0.717) is 22.1 Å². The Kier molecular flexibility index (Phi) is 6.24. The van der Waals surface area contributed by atoms with E-state index in [4.69, 9.17) is 21.1 Å². The lowest BCUT2D eigenvalue weighted by Crippen LogP contribution is -2.33. The Morgan fingerprint density at radius 3 is 2.37 bits per heavy atom. The Morgan fingerprint density at radius 1 is 0.816 bits per heavy atom. The highest BCUT2D eigenvalue weighted by Gasteiger charge is 2.53. The SMILES string of the molecule is CCCN(CCC)c1ccc2c(c1)Oc1ccc(Nc3ccccc3Cl)cc1C21OC(=O)c2ccccc21. The Morgan fingerprint density at radius 2 is 1.58 bits per heavy atom. The minimum Gasteiger partial charge on any atom is -0.456 e. The number of nitrogens with zero attached hydrogens (tertiary/aromatic N) is 1. The molecule has 0 aliphatic carbocycles. The number of carbonyl (C=O) groups is 1. The molecule has 0 saturated carbocycles. The van der Waals surface area contributed by atoms with Gasteiger partial charge in [-0.25, -0.2) is 4.79 Å².